The minimum absolute atomic E-state index is 0.372. The van der Waals surface area contributed by atoms with Gasteiger partial charge in [0, 0.05) is 18.8 Å². The highest BCUT2D eigenvalue weighted by Gasteiger charge is 2.32. The van der Waals surface area contributed by atoms with Crippen molar-refractivity contribution >= 4 is 23.4 Å². The molecule has 0 radical (unpaired) electrons. The molecule has 2 aromatic heterocycles. The van der Waals surface area contributed by atoms with Crippen molar-refractivity contribution in [3.63, 3.8) is 0 Å². The normalized spacial score (nSPS) is 23.9. The molecule has 0 aromatic carbocycles. The van der Waals surface area contributed by atoms with Crippen molar-refractivity contribution in [2.24, 2.45) is 0 Å². The predicted molar refractivity (Wildman–Crippen MR) is 68.7 cm³/mol. The molecule has 90 valence electrons. The van der Waals surface area contributed by atoms with Crippen molar-refractivity contribution < 1.29 is 4.74 Å². The van der Waals surface area contributed by atoms with Crippen LogP contribution in [0.2, 0.25) is 0 Å². The number of nitrogens with one attached hydrogen (secondary N) is 1. The Hall–Kier alpha value is -1.20. The molecule has 2 heterocycles. The maximum absolute atomic E-state index is 5.37. The SMILES string of the molecule is COC1CC(n2c(=S)[nH]c3ccc(C)nc32)C1. The molecule has 0 saturated heterocycles. The lowest BCUT2D eigenvalue weighted by Gasteiger charge is -2.35. The quantitative estimate of drug-likeness (QED) is 0.832. The van der Waals surface area contributed by atoms with Crippen LogP contribution in [-0.2, 0) is 4.74 Å². The average Bonchev–Trinajstić information content (AvgIpc) is 2.54. The van der Waals surface area contributed by atoms with E-state index in [0.717, 1.165) is 34.5 Å². The molecule has 1 fully saturated rings. The van der Waals surface area contributed by atoms with Crippen molar-refractivity contribution in [1.82, 2.24) is 14.5 Å². The Morgan fingerprint density at radius 3 is 2.94 bits per heavy atom. The second-order valence-electron chi connectivity index (χ2n) is 4.61. The molecule has 0 spiro atoms. The molecule has 4 nitrogen and oxygen atoms in total. The van der Waals surface area contributed by atoms with Crippen LogP contribution in [0.25, 0.3) is 11.2 Å². The van der Waals surface area contributed by atoms with Crippen LogP contribution in [0, 0.1) is 11.7 Å². The molecule has 0 bridgehead atoms. The molecule has 1 aliphatic rings. The van der Waals surface area contributed by atoms with Gasteiger partial charge in [-0.15, -0.1) is 0 Å². The van der Waals surface area contributed by atoms with Crippen LogP contribution in [0.15, 0.2) is 12.1 Å². The van der Waals surface area contributed by atoms with Crippen LogP contribution in [0.1, 0.15) is 24.6 Å². The molecule has 17 heavy (non-hydrogen) atoms. The summed E-state index contributed by atoms with van der Waals surface area (Å²) in [4.78, 5) is 7.79. The van der Waals surface area contributed by atoms with Gasteiger partial charge in [0.1, 0.15) is 0 Å². The number of fused-ring (bicyclic) bond motifs is 1. The highest BCUT2D eigenvalue weighted by molar-refractivity contribution is 7.71. The lowest BCUT2D eigenvalue weighted by molar-refractivity contribution is 0.00683. The lowest BCUT2D eigenvalue weighted by Crippen LogP contribution is -2.32. The van der Waals surface area contributed by atoms with Crippen molar-refractivity contribution in [3.05, 3.63) is 22.6 Å². The van der Waals surface area contributed by atoms with E-state index in [1.165, 1.54) is 0 Å². The smallest absolute Gasteiger partial charge is 0.179 e. The summed E-state index contributed by atoms with van der Waals surface area (Å²) in [7, 11) is 1.76. The maximum Gasteiger partial charge on any atom is 0.179 e. The highest BCUT2D eigenvalue weighted by atomic mass is 32.1. The zero-order valence-electron chi connectivity index (χ0n) is 9.93. The number of rotatable bonds is 2. The van der Waals surface area contributed by atoms with Gasteiger partial charge >= 0.3 is 0 Å². The fraction of sp³-hybridized carbons (Fsp3) is 0.500. The van der Waals surface area contributed by atoms with E-state index in [2.05, 4.69) is 14.5 Å². The van der Waals surface area contributed by atoms with E-state index in [-0.39, 0.29) is 0 Å². The number of pyridine rings is 1. The zero-order valence-corrected chi connectivity index (χ0v) is 10.8. The third kappa shape index (κ3) is 1.70. The van der Waals surface area contributed by atoms with Gasteiger partial charge in [0.25, 0.3) is 0 Å². The van der Waals surface area contributed by atoms with Crippen LogP contribution in [0.4, 0.5) is 0 Å². The first-order chi connectivity index (χ1) is 8.19. The van der Waals surface area contributed by atoms with E-state index in [1.54, 1.807) is 7.11 Å². The summed E-state index contributed by atoms with van der Waals surface area (Å²) in [6.45, 7) is 2.00. The minimum atomic E-state index is 0.372. The predicted octanol–water partition coefficient (Wildman–Crippen LogP) is 2.75. The maximum atomic E-state index is 5.37. The van der Waals surface area contributed by atoms with Crippen molar-refractivity contribution in [3.8, 4) is 0 Å². The molecular formula is C12H15N3OS. The number of hydrogen-bond donors (Lipinski definition) is 1. The Morgan fingerprint density at radius 1 is 1.47 bits per heavy atom. The third-order valence-electron chi connectivity index (χ3n) is 3.47. The Labute approximate surface area is 105 Å². The molecule has 0 unspecified atom stereocenters. The molecule has 2 aromatic rings. The first-order valence-corrected chi connectivity index (χ1v) is 6.20. The monoisotopic (exact) mass is 249 g/mol. The van der Waals surface area contributed by atoms with Crippen LogP contribution in [0.3, 0.4) is 0 Å². The van der Waals surface area contributed by atoms with Crippen molar-refractivity contribution in [2.45, 2.75) is 31.9 Å². The summed E-state index contributed by atoms with van der Waals surface area (Å²) in [6.07, 6.45) is 2.41. The molecule has 5 heteroatoms. The third-order valence-corrected chi connectivity index (χ3v) is 3.77. The summed E-state index contributed by atoms with van der Waals surface area (Å²) in [6, 6.07) is 4.46. The minimum Gasteiger partial charge on any atom is -0.381 e. The number of nitrogens with zero attached hydrogens (tertiary/aromatic N) is 2. The van der Waals surface area contributed by atoms with Gasteiger partial charge in [0.15, 0.2) is 10.4 Å². The molecular weight excluding hydrogens is 234 g/mol. The van der Waals surface area contributed by atoms with E-state index in [4.69, 9.17) is 17.0 Å². The Kier molecular flexibility index (Phi) is 2.52. The van der Waals surface area contributed by atoms with Crippen LogP contribution < -0.4 is 0 Å². The van der Waals surface area contributed by atoms with Crippen LogP contribution in [-0.4, -0.2) is 27.7 Å². The highest BCUT2D eigenvalue weighted by Crippen LogP contribution is 2.36. The number of aromatic amines is 1. The van der Waals surface area contributed by atoms with Gasteiger partial charge in [0.05, 0.1) is 11.6 Å². The number of ether oxygens (including phenoxy) is 1. The summed E-state index contributed by atoms with van der Waals surface area (Å²) in [5, 5.41) is 0. The second-order valence-corrected chi connectivity index (χ2v) is 4.99. The number of H-pyrrole nitrogens is 1. The van der Waals surface area contributed by atoms with E-state index < -0.39 is 0 Å². The van der Waals surface area contributed by atoms with Gasteiger partial charge in [-0.3, -0.25) is 4.57 Å². The number of methoxy groups -OCH3 is 1. The molecule has 1 N–H and O–H groups in total. The average molecular weight is 249 g/mol. The number of aromatic nitrogens is 3. The summed E-state index contributed by atoms with van der Waals surface area (Å²) >= 11 is 5.37. The fourth-order valence-electron chi connectivity index (χ4n) is 2.38. The molecule has 1 aliphatic carbocycles. The van der Waals surface area contributed by atoms with Crippen LogP contribution in [0.5, 0.6) is 0 Å². The van der Waals surface area contributed by atoms with Gasteiger partial charge in [-0.05, 0) is 44.1 Å². The molecule has 0 atom stereocenters. The summed E-state index contributed by atoms with van der Waals surface area (Å²) < 4.78 is 8.21. The van der Waals surface area contributed by atoms with Gasteiger partial charge in [-0.2, -0.15) is 0 Å². The molecule has 0 amide bonds. The first kappa shape index (κ1) is 10.9. The largest absolute Gasteiger partial charge is 0.381 e. The summed E-state index contributed by atoms with van der Waals surface area (Å²) in [5.41, 5.74) is 3.00. The first-order valence-electron chi connectivity index (χ1n) is 5.79. The van der Waals surface area contributed by atoms with Gasteiger partial charge in [-0.25, -0.2) is 4.98 Å². The topological polar surface area (TPSA) is 42.8 Å². The van der Waals surface area contributed by atoms with E-state index in [9.17, 15) is 0 Å². The van der Waals surface area contributed by atoms with Crippen molar-refractivity contribution in [2.75, 3.05) is 7.11 Å². The molecule has 1 saturated carbocycles. The van der Waals surface area contributed by atoms with E-state index >= 15 is 0 Å². The fourth-order valence-corrected chi connectivity index (χ4v) is 2.72. The van der Waals surface area contributed by atoms with E-state index in [1.807, 2.05) is 19.1 Å². The molecule has 0 aliphatic heterocycles. The molecule has 3 rings (SSSR count). The van der Waals surface area contributed by atoms with E-state index in [0.29, 0.717) is 12.1 Å². The van der Waals surface area contributed by atoms with Gasteiger partial charge in [-0.1, -0.05) is 0 Å². The van der Waals surface area contributed by atoms with Gasteiger partial charge in [0.2, 0.25) is 0 Å². The Morgan fingerprint density at radius 2 is 2.24 bits per heavy atom. The zero-order chi connectivity index (χ0) is 12.0. The number of aryl methyl sites for hydroxylation is 1. The summed E-state index contributed by atoms with van der Waals surface area (Å²) in [5.74, 6) is 0. The number of imidazole rings is 1. The Balaban J connectivity index is 2.07. The number of hydrogen-bond acceptors (Lipinski definition) is 3. The Bertz CT molecular complexity index is 610. The lowest BCUT2D eigenvalue weighted by atomic mass is 9.89. The van der Waals surface area contributed by atoms with Crippen molar-refractivity contribution in [1.29, 1.82) is 0 Å². The van der Waals surface area contributed by atoms with Gasteiger partial charge < -0.3 is 9.72 Å². The second kappa shape index (κ2) is 3.92. The standard InChI is InChI=1S/C12H15N3OS/c1-7-3-4-10-11(13-7)15(12(17)14-10)8-5-9(6-8)16-2/h3-4,8-9H,5-6H2,1-2H3,(H,14,17). The van der Waals surface area contributed by atoms with Crippen LogP contribution >= 0.6 is 12.2 Å².